The molecular formula is C19H30N2O3. The number of likely N-dealkylation sites (tertiary alicyclic amines) is 1. The van der Waals surface area contributed by atoms with Crippen LogP contribution in [0.15, 0.2) is 18.2 Å². The van der Waals surface area contributed by atoms with Crippen molar-refractivity contribution in [1.29, 1.82) is 0 Å². The molecule has 134 valence electrons. The van der Waals surface area contributed by atoms with Gasteiger partial charge in [-0.05, 0) is 50.6 Å². The summed E-state index contributed by atoms with van der Waals surface area (Å²) < 4.78 is 5.34. The monoisotopic (exact) mass is 334 g/mol. The smallest absolute Gasteiger partial charge is 0.222 e. The van der Waals surface area contributed by atoms with E-state index in [0.29, 0.717) is 25.3 Å². The zero-order valence-electron chi connectivity index (χ0n) is 15.3. The van der Waals surface area contributed by atoms with Crippen molar-refractivity contribution >= 4 is 5.91 Å². The van der Waals surface area contributed by atoms with Crippen LogP contribution in [-0.4, -0.2) is 68.3 Å². The van der Waals surface area contributed by atoms with Gasteiger partial charge in [-0.2, -0.15) is 0 Å². The summed E-state index contributed by atoms with van der Waals surface area (Å²) in [4.78, 5) is 16.6. The Hall–Kier alpha value is -1.59. The predicted molar refractivity (Wildman–Crippen MR) is 95.3 cm³/mol. The molecule has 1 aromatic carbocycles. The summed E-state index contributed by atoms with van der Waals surface area (Å²) in [7, 11) is 5.73. The molecule has 5 heteroatoms. The molecule has 1 fully saturated rings. The number of rotatable bonds is 7. The van der Waals surface area contributed by atoms with Gasteiger partial charge in [-0.15, -0.1) is 0 Å². The second-order valence-corrected chi connectivity index (χ2v) is 7.07. The van der Waals surface area contributed by atoms with Crippen molar-refractivity contribution in [2.24, 2.45) is 11.8 Å². The Balaban J connectivity index is 1.91. The number of carbonyl (C=O) groups excluding carboxylic acids is 1. The lowest BCUT2D eigenvalue weighted by molar-refractivity contribution is -0.130. The van der Waals surface area contributed by atoms with Crippen LogP contribution in [0.3, 0.4) is 0 Å². The third-order valence-electron chi connectivity index (χ3n) is 4.86. The third kappa shape index (κ3) is 4.71. The van der Waals surface area contributed by atoms with E-state index in [4.69, 9.17) is 4.74 Å². The second kappa shape index (κ2) is 8.49. The summed E-state index contributed by atoms with van der Waals surface area (Å²) in [5.41, 5.74) is 2.22. The fourth-order valence-electron chi connectivity index (χ4n) is 3.45. The maximum atomic E-state index is 12.5. The van der Waals surface area contributed by atoms with Crippen LogP contribution >= 0.6 is 0 Å². The molecular weight excluding hydrogens is 304 g/mol. The number of carbonyl (C=O) groups is 1. The van der Waals surface area contributed by atoms with Crippen molar-refractivity contribution in [2.75, 3.05) is 47.4 Å². The quantitative estimate of drug-likeness (QED) is 0.822. The summed E-state index contributed by atoms with van der Waals surface area (Å²) >= 11 is 0. The van der Waals surface area contributed by atoms with Crippen LogP contribution in [0.5, 0.6) is 5.75 Å². The molecule has 0 saturated carbocycles. The number of ether oxygens (including phenoxy) is 1. The zero-order valence-corrected chi connectivity index (χ0v) is 15.3. The van der Waals surface area contributed by atoms with Crippen molar-refractivity contribution in [3.63, 3.8) is 0 Å². The average molecular weight is 334 g/mol. The van der Waals surface area contributed by atoms with Gasteiger partial charge in [0, 0.05) is 38.6 Å². The number of benzene rings is 1. The number of aliphatic hydroxyl groups is 1. The lowest BCUT2D eigenvalue weighted by Gasteiger charge is -2.20. The fraction of sp³-hybridized carbons (Fsp3) is 0.632. The van der Waals surface area contributed by atoms with Crippen LogP contribution in [0.1, 0.15) is 17.5 Å². The van der Waals surface area contributed by atoms with Gasteiger partial charge < -0.3 is 19.6 Å². The molecule has 0 aliphatic carbocycles. The maximum Gasteiger partial charge on any atom is 0.222 e. The van der Waals surface area contributed by atoms with E-state index in [-0.39, 0.29) is 18.4 Å². The molecule has 5 nitrogen and oxygen atoms in total. The van der Waals surface area contributed by atoms with E-state index in [1.807, 2.05) is 38.1 Å². The number of hydrogen-bond acceptors (Lipinski definition) is 4. The Kier molecular flexibility index (Phi) is 6.63. The lowest BCUT2D eigenvalue weighted by atomic mass is 9.97. The molecule has 1 saturated heterocycles. The van der Waals surface area contributed by atoms with Crippen molar-refractivity contribution in [3.8, 4) is 5.75 Å². The first-order chi connectivity index (χ1) is 11.4. The second-order valence-electron chi connectivity index (χ2n) is 7.07. The summed E-state index contributed by atoms with van der Waals surface area (Å²) in [5.74, 6) is 1.59. The normalized spacial score (nSPS) is 20.7. The molecule has 1 amide bonds. The molecule has 24 heavy (non-hydrogen) atoms. The molecule has 1 heterocycles. The first-order valence-electron chi connectivity index (χ1n) is 8.61. The minimum absolute atomic E-state index is 0.150. The van der Waals surface area contributed by atoms with Gasteiger partial charge in [-0.1, -0.05) is 12.1 Å². The van der Waals surface area contributed by atoms with E-state index in [0.717, 1.165) is 30.0 Å². The van der Waals surface area contributed by atoms with Crippen molar-refractivity contribution < 1.29 is 14.6 Å². The first-order valence-corrected chi connectivity index (χ1v) is 8.61. The van der Waals surface area contributed by atoms with Gasteiger partial charge in [0.15, 0.2) is 0 Å². The van der Waals surface area contributed by atoms with Crippen LogP contribution < -0.4 is 4.74 Å². The van der Waals surface area contributed by atoms with E-state index in [1.54, 1.807) is 7.11 Å². The van der Waals surface area contributed by atoms with Crippen molar-refractivity contribution in [1.82, 2.24) is 9.80 Å². The van der Waals surface area contributed by atoms with Gasteiger partial charge >= 0.3 is 0 Å². The molecule has 1 aromatic rings. The minimum Gasteiger partial charge on any atom is -0.496 e. The topological polar surface area (TPSA) is 53.0 Å². The summed E-state index contributed by atoms with van der Waals surface area (Å²) in [6.07, 6.45) is 1.22. The molecule has 1 N–H and O–H groups in total. The molecule has 1 aliphatic heterocycles. The molecule has 0 unspecified atom stereocenters. The van der Waals surface area contributed by atoms with Gasteiger partial charge in [-0.3, -0.25) is 4.79 Å². The molecule has 2 atom stereocenters. The standard InChI is InChI=1S/C19H30N2O3/c1-14-5-6-15(9-18(14)24-4)7-8-19(23)21-11-16(10-20(2)3)17(12-21)13-22/h5-6,9,16-17,22H,7-8,10-13H2,1-4H3/t16-,17-/m1/s1. The molecule has 0 bridgehead atoms. The number of amides is 1. The van der Waals surface area contributed by atoms with E-state index < -0.39 is 0 Å². The summed E-state index contributed by atoms with van der Waals surface area (Å²) in [6.45, 7) is 4.49. The average Bonchev–Trinajstić information content (AvgIpc) is 2.96. The van der Waals surface area contributed by atoms with E-state index >= 15 is 0 Å². The van der Waals surface area contributed by atoms with Gasteiger partial charge in [0.1, 0.15) is 5.75 Å². The van der Waals surface area contributed by atoms with Gasteiger partial charge in [0.2, 0.25) is 5.91 Å². The van der Waals surface area contributed by atoms with Crippen molar-refractivity contribution in [2.45, 2.75) is 19.8 Å². The number of aliphatic hydroxyl groups excluding tert-OH is 1. The highest BCUT2D eigenvalue weighted by atomic mass is 16.5. The van der Waals surface area contributed by atoms with Crippen LogP contribution in [-0.2, 0) is 11.2 Å². The lowest BCUT2D eigenvalue weighted by Crippen LogP contribution is -2.30. The Bertz CT molecular complexity index is 560. The molecule has 0 aromatic heterocycles. The summed E-state index contributed by atoms with van der Waals surface area (Å²) in [5, 5.41) is 9.57. The Morgan fingerprint density at radius 1 is 1.33 bits per heavy atom. The fourth-order valence-corrected chi connectivity index (χ4v) is 3.45. The molecule has 1 aliphatic rings. The minimum atomic E-state index is 0.150. The van der Waals surface area contributed by atoms with Crippen LogP contribution in [0, 0.1) is 18.8 Å². The van der Waals surface area contributed by atoms with Gasteiger partial charge in [0.25, 0.3) is 0 Å². The van der Waals surface area contributed by atoms with E-state index in [2.05, 4.69) is 11.0 Å². The molecule has 2 rings (SSSR count). The maximum absolute atomic E-state index is 12.5. The SMILES string of the molecule is COc1cc(CCC(=O)N2C[C@@H](CN(C)C)[C@@H](CO)C2)ccc1C. The van der Waals surface area contributed by atoms with Crippen LogP contribution in [0.25, 0.3) is 0 Å². The highest BCUT2D eigenvalue weighted by Crippen LogP contribution is 2.25. The van der Waals surface area contributed by atoms with E-state index in [9.17, 15) is 9.90 Å². The Morgan fingerprint density at radius 2 is 2.04 bits per heavy atom. The van der Waals surface area contributed by atoms with Crippen molar-refractivity contribution in [3.05, 3.63) is 29.3 Å². The number of hydrogen-bond donors (Lipinski definition) is 1. The summed E-state index contributed by atoms with van der Waals surface area (Å²) in [6, 6.07) is 6.10. The highest BCUT2D eigenvalue weighted by molar-refractivity contribution is 5.76. The van der Waals surface area contributed by atoms with E-state index in [1.165, 1.54) is 0 Å². The number of nitrogens with zero attached hydrogens (tertiary/aromatic N) is 2. The van der Waals surface area contributed by atoms with Gasteiger partial charge in [-0.25, -0.2) is 0 Å². The highest BCUT2D eigenvalue weighted by Gasteiger charge is 2.34. The molecule has 0 spiro atoms. The zero-order chi connectivity index (χ0) is 17.7. The van der Waals surface area contributed by atoms with Gasteiger partial charge in [0.05, 0.1) is 7.11 Å². The number of aryl methyl sites for hydroxylation is 2. The Morgan fingerprint density at radius 3 is 2.67 bits per heavy atom. The third-order valence-corrected chi connectivity index (χ3v) is 4.86. The van der Waals surface area contributed by atoms with Crippen LogP contribution in [0.2, 0.25) is 0 Å². The Labute approximate surface area is 145 Å². The molecule has 0 radical (unpaired) electrons. The first kappa shape index (κ1) is 18.7. The number of methoxy groups -OCH3 is 1. The largest absolute Gasteiger partial charge is 0.496 e. The van der Waals surface area contributed by atoms with Crippen LogP contribution in [0.4, 0.5) is 0 Å². The predicted octanol–water partition coefficient (Wildman–Crippen LogP) is 1.56.